The van der Waals surface area contributed by atoms with Crippen molar-refractivity contribution in [3.05, 3.63) is 51.9 Å². The van der Waals surface area contributed by atoms with Gasteiger partial charge in [-0.15, -0.1) is 0 Å². The lowest BCUT2D eigenvalue weighted by atomic mass is 9.94. The smallest absolute Gasteiger partial charge is 0.198 e. The maximum Gasteiger partial charge on any atom is 0.198 e. The molecular weight excluding hydrogens is 264 g/mol. The van der Waals surface area contributed by atoms with Crippen LogP contribution in [0, 0.1) is 13.8 Å². The van der Waals surface area contributed by atoms with Crippen molar-refractivity contribution in [3.63, 3.8) is 0 Å². The predicted octanol–water partition coefficient (Wildman–Crippen LogP) is 3.11. The number of methoxy groups -OCH3 is 1. The fourth-order valence-corrected chi connectivity index (χ4v) is 2.54. The van der Waals surface area contributed by atoms with E-state index in [1.165, 1.54) is 6.26 Å². The van der Waals surface area contributed by atoms with Crippen LogP contribution in [0.1, 0.15) is 28.3 Å². The van der Waals surface area contributed by atoms with Gasteiger partial charge in [0.1, 0.15) is 5.75 Å². The van der Waals surface area contributed by atoms with Gasteiger partial charge < -0.3 is 9.15 Å². The lowest BCUT2D eigenvalue weighted by molar-refractivity contribution is 0.403. The van der Waals surface area contributed by atoms with E-state index in [4.69, 9.17) is 26.6 Å². The SMILES string of the molecule is COc1cc(C)cc(C)c1C(NN)c1ccoc1Cl. The molecule has 0 aliphatic heterocycles. The average Bonchev–Trinajstić information content (AvgIpc) is 2.78. The van der Waals surface area contributed by atoms with Crippen molar-refractivity contribution < 1.29 is 9.15 Å². The highest BCUT2D eigenvalue weighted by atomic mass is 35.5. The molecule has 0 spiro atoms. The fourth-order valence-electron chi connectivity index (χ4n) is 2.32. The Kier molecular flexibility index (Phi) is 4.14. The largest absolute Gasteiger partial charge is 0.496 e. The van der Waals surface area contributed by atoms with Crippen LogP contribution in [0.15, 0.2) is 28.9 Å². The first-order chi connectivity index (χ1) is 9.08. The van der Waals surface area contributed by atoms with Crippen molar-refractivity contribution in [2.75, 3.05) is 7.11 Å². The molecule has 1 atom stereocenters. The third-order valence-electron chi connectivity index (χ3n) is 3.13. The fraction of sp³-hybridized carbons (Fsp3) is 0.286. The van der Waals surface area contributed by atoms with Crippen molar-refractivity contribution in [1.29, 1.82) is 0 Å². The van der Waals surface area contributed by atoms with Gasteiger partial charge in [0.05, 0.1) is 19.4 Å². The van der Waals surface area contributed by atoms with E-state index in [1.54, 1.807) is 13.2 Å². The molecule has 5 heteroatoms. The Balaban J connectivity index is 2.59. The Morgan fingerprint density at radius 2 is 2.11 bits per heavy atom. The first-order valence-electron chi connectivity index (χ1n) is 5.92. The Labute approximate surface area is 117 Å². The minimum atomic E-state index is -0.276. The third-order valence-corrected chi connectivity index (χ3v) is 3.43. The molecule has 0 bridgehead atoms. The van der Waals surface area contributed by atoms with Crippen LogP contribution in [0.3, 0.4) is 0 Å². The molecule has 1 heterocycles. The lowest BCUT2D eigenvalue weighted by Gasteiger charge is -2.21. The van der Waals surface area contributed by atoms with Crippen molar-refractivity contribution >= 4 is 11.6 Å². The first-order valence-corrected chi connectivity index (χ1v) is 6.30. The summed E-state index contributed by atoms with van der Waals surface area (Å²) in [5.41, 5.74) is 6.73. The van der Waals surface area contributed by atoms with E-state index in [0.29, 0.717) is 5.22 Å². The number of hydrogen-bond acceptors (Lipinski definition) is 4. The molecule has 1 aromatic heterocycles. The van der Waals surface area contributed by atoms with Gasteiger partial charge in [-0.05, 0) is 48.7 Å². The van der Waals surface area contributed by atoms with Gasteiger partial charge >= 0.3 is 0 Å². The number of aryl methyl sites for hydroxylation is 2. The monoisotopic (exact) mass is 280 g/mol. The van der Waals surface area contributed by atoms with Gasteiger partial charge in [0.2, 0.25) is 0 Å². The van der Waals surface area contributed by atoms with E-state index >= 15 is 0 Å². The number of rotatable bonds is 4. The van der Waals surface area contributed by atoms with Gasteiger partial charge in [-0.3, -0.25) is 5.84 Å². The zero-order chi connectivity index (χ0) is 14.0. The molecule has 0 amide bonds. The van der Waals surface area contributed by atoms with Crippen molar-refractivity contribution in [1.82, 2.24) is 5.43 Å². The van der Waals surface area contributed by atoms with Crippen molar-refractivity contribution in [3.8, 4) is 5.75 Å². The topological polar surface area (TPSA) is 60.4 Å². The summed E-state index contributed by atoms with van der Waals surface area (Å²) in [5.74, 6) is 6.47. The zero-order valence-electron chi connectivity index (χ0n) is 11.2. The van der Waals surface area contributed by atoms with Crippen molar-refractivity contribution in [2.45, 2.75) is 19.9 Å². The summed E-state index contributed by atoms with van der Waals surface area (Å²) in [5, 5.41) is 0.324. The standard InChI is InChI=1S/C14H17ClN2O2/c1-8-6-9(2)12(11(7-8)18-3)13(17-16)10-4-5-19-14(10)15/h4-7,13,17H,16H2,1-3H3. The van der Waals surface area contributed by atoms with E-state index < -0.39 is 0 Å². The molecule has 0 aliphatic rings. The van der Waals surface area contributed by atoms with Crippen LogP contribution in [0.2, 0.25) is 5.22 Å². The maximum absolute atomic E-state index is 6.04. The summed E-state index contributed by atoms with van der Waals surface area (Å²) in [6.45, 7) is 4.04. The molecule has 0 radical (unpaired) electrons. The van der Waals surface area contributed by atoms with Gasteiger partial charge in [-0.25, -0.2) is 5.43 Å². The summed E-state index contributed by atoms with van der Waals surface area (Å²) >= 11 is 6.04. The van der Waals surface area contributed by atoms with Gasteiger partial charge in [0.25, 0.3) is 0 Å². The number of benzene rings is 1. The maximum atomic E-state index is 6.04. The van der Waals surface area contributed by atoms with Crippen LogP contribution in [-0.4, -0.2) is 7.11 Å². The van der Waals surface area contributed by atoms with Gasteiger partial charge in [-0.2, -0.15) is 0 Å². The van der Waals surface area contributed by atoms with Crippen molar-refractivity contribution in [2.24, 2.45) is 5.84 Å². The van der Waals surface area contributed by atoms with E-state index in [-0.39, 0.29) is 6.04 Å². The number of hydrogen-bond donors (Lipinski definition) is 2. The van der Waals surface area contributed by atoms with E-state index in [1.807, 2.05) is 19.9 Å². The number of furan rings is 1. The zero-order valence-corrected chi connectivity index (χ0v) is 11.9. The summed E-state index contributed by atoms with van der Waals surface area (Å²) in [6.07, 6.45) is 1.54. The van der Waals surface area contributed by atoms with Crippen LogP contribution >= 0.6 is 11.6 Å². The predicted molar refractivity (Wildman–Crippen MR) is 75.4 cm³/mol. The molecule has 0 saturated carbocycles. The van der Waals surface area contributed by atoms with Crippen LogP contribution in [0.5, 0.6) is 5.75 Å². The Hall–Kier alpha value is -1.49. The highest BCUT2D eigenvalue weighted by Crippen LogP contribution is 2.36. The van der Waals surface area contributed by atoms with Crippen LogP contribution in [0.4, 0.5) is 0 Å². The third kappa shape index (κ3) is 2.61. The molecular formula is C14H17ClN2O2. The molecule has 19 heavy (non-hydrogen) atoms. The number of ether oxygens (including phenoxy) is 1. The van der Waals surface area contributed by atoms with Gasteiger partial charge in [0, 0.05) is 11.1 Å². The van der Waals surface area contributed by atoms with Crippen LogP contribution in [0.25, 0.3) is 0 Å². The second-order valence-electron chi connectivity index (χ2n) is 4.45. The quantitative estimate of drug-likeness (QED) is 0.667. The summed E-state index contributed by atoms with van der Waals surface area (Å²) in [7, 11) is 1.64. The molecule has 2 aromatic rings. The normalized spacial score (nSPS) is 12.5. The highest BCUT2D eigenvalue weighted by molar-refractivity contribution is 6.29. The molecule has 3 N–H and O–H groups in total. The molecule has 0 saturated heterocycles. The minimum Gasteiger partial charge on any atom is -0.496 e. The molecule has 102 valence electrons. The number of hydrazine groups is 1. The lowest BCUT2D eigenvalue weighted by Crippen LogP contribution is -2.29. The number of halogens is 1. The molecule has 1 aromatic carbocycles. The van der Waals surface area contributed by atoms with E-state index in [0.717, 1.165) is 28.0 Å². The van der Waals surface area contributed by atoms with Gasteiger partial charge in [0.15, 0.2) is 5.22 Å². The second kappa shape index (κ2) is 5.65. The molecule has 4 nitrogen and oxygen atoms in total. The highest BCUT2D eigenvalue weighted by Gasteiger charge is 2.23. The minimum absolute atomic E-state index is 0.276. The molecule has 0 aliphatic carbocycles. The van der Waals surface area contributed by atoms with Crippen LogP contribution in [-0.2, 0) is 0 Å². The van der Waals surface area contributed by atoms with Crippen LogP contribution < -0.4 is 16.0 Å². The summed E-state index contributed by atoms with van der Waals surface area (Å²) < 4.78 is 10.6. The Morgan fingerprint density at radius 3 is 2.63 bits per heavy atom. The Morgan fingerprint density at radius 1 is 1.37 bits per heavy atom. The number of nitrogens with one attached hydrogen (secondary N) is 1. The molecule has 0 fully saturated rings. The number of nitrogens with two attached hydrogens (primary N) is 1. The molecule has 2 rings (SSSR count). The molecule has 1 unspecified atom stereocenters. The average molecular weight is 281 g/mol. The second-order valence-corrected chi connectivity index (χ2v) is 4.79. The Bertz CT molecular complexity index is 581. The summed E-state index contributed by atoms with van der Waals surface area (Å²) in [6, 6.07) is 5.57. The first kappa shape index (κ1) is 13.9. The van der Waals surface area contributed by atoms with E-state index in [9.17, 15) is 0 Å². The summed E-state index contributed by atoms with van der Waals surface area (Å²) in [4.78, 5) is 0. The van der Waals surface area contributed by atoms with Gasteiger partial charge in [-0.1, -0.05) is 6.07 Å². The van der Waals surface area contributed by atoms with E-state index in [2.05, 4.69) is 11.5 Å².